The lowest BCUT2D eigenvalue weighted by Gasteiger charge is -2.23. The topological polar surface area (TPSA) is 49.0 Å². The molecule has 0 aromatic heterocycles. The monoisotopic (exact) mass is 423 g/mol. The van der Waals surface area contributed by atoms with Crippen molar-refractivity contribution in [2.24, 2.45) is 0 Å². The lowest BCUT2D eigenvalue weighted by molar-refractivity contribution is -0.0611. The summed E-state index contributed by atoms with van der Waals surface area (Å²) >= 11 is 0. The number of aryl methyl sites for hydroxylation is 1. The van der Waals surface area contributed by atoms with Crippen LogP contribution in [0.1, 0.15) is 67.4 Å². The van der Waals surface area contributed by atoms with Crippen LogP contribution in [-0.4, -0.2) is 56.4 Å². The van der Waals surface area contributed by atoms with Crippen molar-refractivity contribution in [3.8, 4) is 0 Å². The standard InChI is InChI=1S/C25H45NO4/c1-18(2)27-16-24(29-20(5)6)14-11-22-9-12-23(13-10-22)26-15-25(30-21(7)8)17-28-19(3)4/h9-10,12-13,18-21,24-26H,11,14-17H2,1-8H3. The van der Waals surface area contributed by atoms with Gasteiger partial charge in [0.15, 0.2) is 0 Å². The first kappa shape index (κ1) is 26.9. The van der Waals surface area contributed by atoms with Crippen LogP contribution in [0.15, 0.2) is 24.3 Å². The molecule has 174 valence electrons. The van der Waals surface area contributed by atoms with Crippen molar-refractivity contribution < 1.29 is 18.9 Å². The third-order valence-corrected chi connectivity index (χ3v) is 4.40. The zero-order valence-electron chi connectivity index (χ0n) is 20.4. The summed E-state index contributed by atoms with van der Waals surface area (Å²) < 4.78 is 23.5. The van der Waals surface area contributed by atoms with Crippen molar-refractivity contribution in [1.29, 1.82) is 0 Å². The third-order valence-electron chi connectivity index (χ3n) is 4.40. The fraction of sp³-hybridized carbons (Fsp3) is 0.760. The van der Waals surface area contributed by atoms with E-state index in [2.05, 4.69) is 71.1 Å². The number of hydrogen-bond donors (Lipinski definition) is 1. The second kappa shape index (κ2) is 14.8. The normalized spacial score (nSPS) is 14.1. The Balaban J connectivity index is 2.51. The molecule has 1 aromatic rings. The van der Waals surface area contributed by atoms with E-state index in [0.29, 0.717) is 13.2 Å². The van der Waals surface area contributed by atoms with E-state index in [1.54, 1.807) is 0 Å². The summed E-state index contributed by atoms with van der Waals surface area (Å²) in [6.07, 6.45) is 2.89. The Morgan fingerprint density at radius 2 is 1.17 bits per heavy atom. The van der Waals surface area contributed by atoms with Gasteiger partial charge in [-0.3, -0.25) is 0 Å². The van der Waals surface area contributed by atoms with Crippen LogP contribution in [0.3, 0.4) is 0 Å². The molecule has 0 heterocycles. The molecule has 0 saturated heterocycles. The molecule has 2 atom stereocenters. The summed E-state index contributed by atoms with van der Waals surface area (Å²) in [6, 6.07) is 8.63. The van der Waals surface area contributed by atoms with E-state index in [1.165, 1.54) is 5.56 Å². The molecule has 5 nitrogen and oxygen atoms in total. The van der Waals surface area contributed by atoms with Gasteiger partial charge in [0.05, 0.1) is 49.8 Å². The predicted octanol–water partition coefficient (Wildman–Crippen LogP) is 5.47. The van der Waals surface area contributed by atoms with Crippen molar-refractivity contribution in [1.82, 2.24) is 0 Å². The maximum absolute atomic E-state index is 6.02. The molecule has 0 aliphatic rings. The number of ether oxygens (including phenoxy) is 4. The van der Waals surface area contributed by atoms with Gasteiger partial charge in [0.1, 0.15) is 0 Å². The first-order valence-electron chi connectivity index (χ1n) is 11.5. The molecule has 0 saturated carbocycles. The van der Waals surface area contributed by atoms with Crippen molar-refractivity contribution in [3.05, 3.63) is 29.8 Å². The Morgan fingerprint density at radius 1 is 0.667 bits per heavy atom. The van der Waals surface area contributed by atoms with Crippen LogP contribution in [0.2, 0.25) is 0 Å². The molecule has 2 unspecified atom stereocenters. The Labute approximate surface area is 184 Å². The van der Waals surface area contributed by atoms with Gasteiger partial charge >= 0.3 is 0 Å². The first-order valence-corrected chi connectivity index (χ1v) is 11.5. The molecule has 1 N–H and O–H groups in total. The molecule has 0 aliphatic heterocycles. The van der Waals surface area contributed by atoms with Crippen LogP contribution >= 0.6 is 0 Å². The number of nitrogens with one attached hydrogen (secondary N) is 1. The molecule has 1 rings (SSSR count). The highest BCUT2D eigenvalue weighted by Crippen LogP contribution is 2.15. The summed E-state index contributed by atoms with van der Waals surface area (Å²) in [5.74, 6) is 0. The molecule has 0 bridgehead atoms. The number of rotatable bonds is 16. The van der Waals surface area contributed by atoms with Gasteiger partial charge in [0, 0.05) is 12.2 Å². The van der Waals surface area contributed by atoms with Crippen molar-refractivity contribution >= 4 is 5.69 Å². The zero-order chi connectivity index (χ0) is 22.5. The Morgan fingerprint density at radius 3 is 1.67 bits per heavy atom. The highest BCUT2D eigenvalue weighted by molar-refractivity contribution is 5.44. The predicted molar refractivity (Wildman–Crippen MR) is 125 cm³/mol. The minimum Gasteiger partial charge on any atom is -0.382 e. The van der Waals surface area contributed by atoms with Gasteiger partial charge < -0.3 is 24.3 Å². The van der Waals surface area contributed by atoms with E-state index in [9.17, 15) is 0 Å². The quantitative estimate of drug-likeness (QED) is 0.382. The molecule has 1 aromatic carbocycles. The van der Waals surface area contributed by atoms with Gasteiger partial charge in [0.25, 0.3) is 0 Å². The Bertz CT molecular complexity index is 494. The van der Waals surface area contributed by atoms with Crippen LogP contribution in [-0.2, 0) is 25.4 Å². The van der Waals surface area contributed by atoms with Crippen LogP contribution in [0.5, 0.6) is 0 Å². The minimum absolute atomic E-state index is 0.0296. The molecule has 0 radical (unpaired) electrons. The second-order valence-electron chi connectivity index (χ2n) is 8.99. The number of benzene rings is 1. The van der Waals surface area contributed by atoms with Crippen LogP contribution in [0.25, 0.3) is 0 Å². The molecule has 30 heavy (non-hydrogen) atoms. The summed E-state index contributed by atoms with van der Waals surface area (Å²) in [5.41, 5.74) is 2.40. The van der Waals surface area contributed by atoms with Gasteiger partial charge in [0.2, 0.25) is 0 Å². The molecule has 5 heteroatoms. The van der Waals surface area contributed by atoms with E-state index in [4.69, 9.17) is 18.9 Å². The molecule has 0 fully saturated rings. The van der Waals surface area contributed by atoms with Crippen LogP contribution < -0.4 is 5.32 Å². The highest BCUT2D eigenvalue weighted by Gasteiger charge is 2.14. The summed E-state index contributed by atoms with van der Waals surface area (Å²) in [7, 11) is 0. The average molecular weight is 424 g/mol. The van der Waals surface area contributed by atoms with Gasteiger partial charge in [-0.2, -0.15) is 0 Å². The van der Waals surface area contributed by atoms with E-state index in [0.717, 1.165) is 25.1 Å². The molecular formula is C25H45NO4. The molecule has 0 aliphatic carbocycles. The third kappa shape index (κ3) is 13.2. The summed E-state index contributed by atoms with van der Waals surface area (Å²) in [5, 5.41) is 3.48. The smallest absolute Gasteiger partial charge is 0.0983 e. The maximum atomic E-state index is 6.02. The summed E-state index contributed by atoms with van der Waals surface area (Å²) in [4.78, 5) is 0. The first-order chi connectivity index (χ1) is 14.2. The highest BCUT2D eigenvalue weighted by atomic mass is 16.5. The van der Waals surface area contributed by atoms with Gasteiger partial charge in [-0.1, -0.05) is 12.1 Å². The van der Waals surface area contributed by atoms with Gasteiger partial charge in [-0.05, 0) is 85.9 Å². The van der Waals surface area contributed by atoms with Crippen molar-refractivity contribution in [3.63, 3.8) is 0 Å². The van der Waals surface area contributed by atoms with Crippen molar-refractivity contribution in [2.75, 3.05) is 25.1 Å². The lowest BCUT2D eigenvalue weighted by Crippen LogP contribution is -2.31. The van der Waals surface area contributed by atoms with Crippen molar-refractivity contribution in [2.45, 2.75) is 105 Å². The van der Waals surface area contributed by atoms with E-state index < -0.39 is 0 Å². The zero-order valence-corrected chi connectivity index (χ0v) is 20.4. The minimum atomic E-state index is 0.0296. The molecule has 0 amide bonds. The Hall–Kier alpha value is -1.14. The average Bonchev–Trinajstić information content (AvgIpc) is 2.66. The second-order valence-corrected chi connectivity index (χ2v) is 8.99. The van der Waals surface area contributed by atoms with Gasteiger partial charge in [-0.25, -0.2) is 0 Å². The van der Waals surface area contributed by atoms with E-state index in [1.807, 2.05) is 13.8 Å². The van der Waals surface area contributed by atoms with E-state index in [-0.39, 0.29) is 36.6 Å². The lowest BCUT2D eigenvalue weighted by atomic mass is 10.1. The summed E-state index contributed by atoms with van der Waals surface area (Å²) in [6.45, 7) is 18.4. The number of hydrogen-bond acceptors (Lipinski definition) is 5. The Kier molecular flexibility index (Phi) is 13.3. The van der Waals surface area contributed by atoms with Crippen LogP contribution in [0.4, 0.5) is 5.69 Å². The van der Waals surface area contributed by atoms with Gasteiger partial charge in [-0.15, -0.1) is 0 Å². The number of anilines is 1. The van der Waals surface area contributed by atoms with Crippen LogP contribution in [0, 0.1) is 0 Å². The molecular weight excluding hydrogens is 378 g/mol. The fourth-order valence-electron chi connectivity index (χ4n) is 3.05. The fourth-order valence-corrected chi connectivity index (χ4v) is 3.05. The van der Waals surface area contributed by atoms with E-state index >= 15 is 0 Å². The largest absolute Gasteiger partial charge is 0.382 e. The SMILES string of the molecule is CC(C)OCC(CCc1ccc(NCC(COC(C)C)OC(C)C)cc1)OC(C)C. The maximum Gasteiger partial charge on any atom is 0.0983 e. The molecule has 0 spiro atoms.